The third-order valence-electron chi connectivity index (χ3n) is 3.94. The Hall–Kier alpha value is -1.67. The molecular formula is C20H26ClNO. The van der Waals surface area contributed by atoms with Gasteiger partial charge in [0, 0.05) is 17.3 Å². The van der Waals surface area contributed by atoms with Crippen molar-refractivity contribution in [2.24, 2.45) is 0 Å². The lowest BCUT2D eigenvalue weighted by atomic mass is 10.1. The fourth-order valence-corrected chi connectivity index (χ4v) is 2.59. The minimum absolute atomic E-state index is 0.776. The summed E-state index contributed by atoms with van der Waals surface area (Å²) in [6.45, 7) is 5.83. The normalized spacial score (nSPS) is 10.6. The lowest BCUT2D eigenvalue weighted by Crippen LogP contribution is -2.02. The molecule has 2 aromatic rings. The predicted octanol–water partition coefficient (Wildman–Crippen LogP) is 6.22. The Kier molecular flexibility index (Phi) is 7.28. The summed E-state index contributed by atoms with van der Waals surface area (Å²) in [5.74, 6) is 0.948. The highest BCUT2D eigenvalue weighted by Crippen LogP contribution is 2.23. The molecule has 0 fully saturated rings. The van der Waals surface area contributed by atoms with Crippen LogP contribution in [-0.4, -0.2) is 6.61 Å². The van der Waals surface area contributed by atoms with Gasteiger partial charge in [-0.2, -0.15) is 0 Å². The van der Waals surface area contributed by atoms with Crippen molar-refractivity contribution >= 4 is 17.3 Å². The van der Waals surface area contributed by atoms with Gasteiger partial charge >= 0.3 is 0 Å². The lowest BCUT2D eigenvalue weighted by Gasteiger charge is -2.11. The van der Waals surface area contributed by atoms with Crippen molar-refractivity contribution < 1.29 is 4.74 Å². The van der Waals surface area contributed by atoms with Gasteiger partial charge < -0.3 is 10.1 Å². The van der Waals surface area contributed by atoms with E-state index in [0.717, 1.165) is 41.6 Å². The number of hydrogen-bond donors (Lipinski definition) is 1. The molecule has 0 atom stereocenters. The van der Waals surface area contributed by atoms with E-state index in [0.29, 0.717) is 0 Å². The Morgan fingerprint density at radius 1 is 1.00 bits per heavy atom. The van der Waals surface area contributed by atoms with Crippen molar-refractivity contribution in [2.45, 2.75) is 46.1 Å². The molecule has 2 rings (SSSR count). The van der Waals surface area contributed by atoms with Crippen LogP contribution in [0.3, 0.4) is 0 Å². The van der Waals surface area contributed by atoms with Gasteiger partial charge in [0.15, 0.2) is 0 Å². The molecule has 1 N–H and O–H groups in total. The predicted molar refractivity (Wildman–Crippen MR) is 99.6 cm³/mol. The monoisotopic (exact) mass is 331 g/mol. The van der Waals surface area contributed by atoms with Gasteiger partial charge in [-0.3, -0.25) is 0 Å². The molecule has 2 nitrogen and oxygen atoms in total. The standard InChI is InChI=1S/C20H26ClNO/c1-3-4-5-6-14-23-18-12-10-17(11-13-18)15-22-20-9-7-8-19(21)16(20)2/h7-13,22H,3-6,14-15H2,1-2H3. The van der Waals surface area contributed by atoms with Crippen molar-refractivity contribution in [1.82, 2.24) is 0 Å². The van der Waals surface area contributed by atoms with E-state index in [1.807, 2.05) is 31.2 Å². The zero-order valence-corrected chi connectivity index (χ0v) is 14.8. The van der Waals surface area contributed by atoms with Crippen LogP contribution in [0.5, 0.6) is 5.75 Å². The molecule has 23 heavy (non-hydrogen) atoms. The maximum Gasteiger partial charge on any atom is 0.119 e. The van der Waals surface area contributed by atoms with Crippen LogP contribution in [-0.2, 0) is 6.54 Å². The zero-order chi connectivity index (χ0) is 16.5. The van der Waals surface area contributed by atoms with Gasteiger partial charge in [0.1, 0.15) is 5.75 Å². The van der Waals surface area contributed by atoms with Gasteiger partial charge in [-0.15, -0.1) is 0 Å². The summed E-state index contributed by atoms with van der Waals surface area (Å²) in [6.07, 6.45) is 4.92. The highest BCUT2D eigenvalue weighted by molar-refractivity contribution is 6.31. The largest absolute Gasteiger partial charge is 0.494 e. The highest BCUT2D eigenvalue weighted by Gasteiger charge is 2.02. The van der Waals surface area contributed by atoms with Crippen LogP contribution in [0.2, 0.25) is 5.02 Å². The third-order valence-corrected chi connectivity index (χ3v) is 4.35. The molecule has 124 valence electrons. The summed E-state index contributed by atoms with van der Waals surface area (Å²) in [4.78, 5) is 0. The lowest BCUT2D eigenvalue weighted by molar-refractivity contribution is 0.305. The molecule has 0 aromatic heterocycles. The van der Waals surface area contributed by atoms with Crippen molar-refractivity contribution in [1.29, 1.82) is 0 Å². The Bertz CT molecular complexity index is 595. The molecule has 0 aliphatic heterocycles. The molecule has 0 amide bonds. The number of benzene rings is 2. The molecule has 0 saturated carbocycles. The molecule has 0 unspecified atom stereocenters. The summed E-state index contributed by atoms with van der Waals surface area (Å²) in [5.41, 5.74) is 3.39. The van der Waals surface area contributed by atoms with E-state index in [4.69, 9.17) is 16.3 Å². The Labute approximate surface area is 144 Å². The van der Waals surface area contributed by atoms with E-state index in [2.05, 4.69) is 30.4 Å². The first kappa shape index (κ1) is 17.7. The molecule has 0 saturated heterocycles. The number of unbranched alkanes of at least 4 members (excludes halogenated alkanes) is 3. The molecule has 0 aliphatic carbocycles. The van der Waals surface area contributed by atoms with Gasteiger partial charge in [-0.05, 0) is 48.7 Å². The molecule has 2 aromatic carbocycles. The van der Waals surface area contributed by atoms with Crippen molar-refractivity contribution in [2.75, 3.05) is 11.9 Å². The van der Waals surface area contributed by atoms with Gasteiger partial charge in [-0.25, -0.2) is 0 Å². The Balaban J connectivity index is 1.79. The van der Waals surface area contributed by atoms with Gasteiger partial charge in [0.2, 0.25) is 0 Å². The summed E-state index contributed by atoms with van der Waals surface area (Å²) in [7, 11) is 0. The maximum absolute atomic E-state index is 6.14. The minimum Gasteiger partial charge on any atom is -0.494 e. The molecule has 0 spiro atoms. The van der Waals surface area contributed by atoms with Crippen LogP contribution in [0.15, 0.2) is 42.5 Å². The summed E-state index contributed by atoms with van der Waals surface area (Å²) in [6, 6.07) is 14.2. The highest BCUT2D eigenvalue weighted by atomic mass is 35.5. The summed E-state index contributed by atoms with van der Waals surface area (Å²) < 4.78 is 5.77. The third kappa shape index (κ3) is 5.80. The minimum atomic E-state index is 0.776. The van der Waals surface area contributed by atoms with E-state index in [-0.39, 0.29) is 0 Å². The number of hydrogen-bond acceptors (Lipinski definition) is 2. The fourth-order valence-electron chi connectivity index (χ4n) is 2.42. The first-order chi connectivity index (χ1) is 11.2. The van der Waals surface area contributed by atoms with Gasteiger partial charge in [0.25, 0.3) is 0 Å². The zero-order valence-electron chi connectivity index (χ0n) is 14.1. The quantitative estimate of drug-likeness (QED) is 0.551. The summed E-state index contributed by atoms with van der Waals surface area (Å²) >= 11 is 6.14. The molecule has 0 heterocycles. The average molecular weight is 332 g/mol. The number of rotatable bonds is 9. The van der Waals surface area contributed by atoms with Crippen molar-refractivity contribution in [3.05, 3.63) is 58.6 Å². The Morgan fingerprint density at radius 3 is 2.52 bits per heavy atom. The number of halogens is 1. The van der Waals surface area contributed by atoms with E-state index < -0.39 is 0 Å². The first-order valence-corrected chi connectivity index (χ1v) is 8.79. The van der Waals surface area contributed by atoms with Crippen LogP contribution < -0.4 is 10.1 Å². The van der Waals surface area contributed by atoms with E-state index in [1.54, 1.807) is 0 Å². The fraction of sp³-hybridized carbons (Fsp3) is 0.400. The Morgan fingerprint density at radius 2 is 1.78 bits per heavy atom. The number of ether oxygens (including phenoxy) is 1. The molecule has 0 aliphatic rings. The molecule has 3 heteroatoms. The van der Waals surface area contributed by atoms with Crippen LogP contribution in [0.25, 0.3) is 0 Å². The topological polar surface area (TPSA) is 21.3 Å². The summed E-state index contributed by atoms with van der Waals surface area (Å²) in [5, 5.41) is 4.22. The van der Waals surface area contributed by atoms with Crippen molar-refractivity contribution in [3.63, 3.8) is 0 Å². The second kappa shape index (κ2) is 9.46. The average Bonchev–Trinajstić information content (AvgIpc) is 2.57. The number of anilines is 1. The first-order valence-electron chi connectivity index (χ1n) is 8.41. The maximum atomic E-state index is 6.14. The van der Waals surface area contributed by atoms with E-state index in [1.165, 1.54) is 24.8 Å². The van der Waals surface area contributed by atoms with Crippen molar-refractivity contribution in [3.8, 4) is 5.75 Å². The van der Waals surface area contributed by atoms with E-state index >= 15 is 0 Å². The number of nitrogens with one attached hydrogen (secondary N) is 1. The molecule has 0 bridgehead atoms. The van der Waals surface area contributed by atoms with Gasteiger partial charge in [0.05, 0.1) is 6.61 Å². The van der Waals surface area contributed by atoms with Gasteiger partial charge in [-0.1, -0.05) is 56.0 Å². The van der Waals surface area contributed by atoms with E-state index in [9.17, 15) is 0 Å². The van der Waals surface area contributed by atoms with Crippen LogP contribution in [0, 0.1) is 6.92 Å². The molecular weight excluding hydrogens is 306 g/mol. The SMILES string of the molecule is CCCCCCOc1ccc(CNc2cccc(Cl)c2C)cc1. The molecule has 0 radical (unpaired) electrons. The second-order valence-electron chi connectivity index (χ2n) is 5.82. The van der Waals surface area contributed by atoms with Crippen LogP contribution >= 0.6 is 11.6 Å². The second-order valence-corrected chi connectivity index (χ2v) is 6.23. The van der Waals surface area contributed by atoms with Crippen LogP contribution in [0.4, 0.5) is 5.69 Å². The smallest absolute Gasteiger partial charge is 0.119 e. The van der Waals surface area contributed by atoms with Crippen LogP contribution in [0.1, 0.15) is 43.7 Å².